The molecule has 0 bridgehead atoms. The van der Waals surface area contributed by atoms with Gasteiger partial charge in [0.1, 0.15) is 5.82 Å². The number of likely N-dealkylation sites (tertiary alicyclic amines) is 1. The first-order chi connectivity index (χ1) is 13.0. The van der Waals surface area contributed by atoms with Crippen LogP contribution in [0.15, 0.2) is 29.3 Å². The second-order valence-corrected chi connectivity index (χ2v) is 8.25. The molecular formula is C21H34FIN4O. The third-order valence-corrected chi connectivity index (χ3v) is 5.47. The monoisotopic (exact) mass is 504 g/mol. The molecule has 158 valence electrons. The van der Waals surface area contributed by atoms with Crippen molar-refractivity contribution in [3.05, 3.63) is 35.6 Å². The summed E-state index contributed by atoms with van der Waals surface area (Å²) in [6.45, 7) is 13.5. The summed E-state index contributed by atoms with van der Waals surface area (Å²) in [6.07, 6.45) is 1.18. The van der Waals surface area contributed by atoms with Crippen molar-refractivity contribution in [1.29, 1.82) is 0 Å². The molecule has 2 aliphatic heterocycles. The molecule has 0 spiro atoms. The van der Waals surface area contributed by atoms with Gasteiger partial charge in [0.2, 0.25) is 0 Å². The van der Waals surface area contributed by atoms with Crippen LogP contribution in [-0.2, 0) is 4.74 Å². The average Bonchev–Trinajstić information content (AvgIpc) is 3.03. The van der Waals surface area contributed by atoms with E-state index in [0.717, 1.165) is 57.5 Å². The number of hydrogen-bond acceptors (Lipinski definition) is 3. The van der Waals surface area contributed by atoms with Crippen LogP contribution >= 0.6 is 24.0 Å². The highest BCUT2D eigenvalue weighted by molar-refractivity contribution is 14.0. The van der Waals surface area contributed by atoms with Crippen LogP contribution in [0, 0.1) is 11.2 Å². The molecular weight excluding hydrogens is 470 g/mol. The molecule has 1 unspecified atom stereocenters. The summed E-state index contributed by atoms with van der Waals surface area (Å²) in [5, 5.41) is 3.45. The Labute approximate surface area is 185 Å². The lowest BCUT2D eigenvalue weighted by atomic mass is 9.93. The van der Waals surface area contributed by atoms with Crippen molar-refractivity contribution in [1.82, 2.24) is 15.1 Å². The maximum Gasteiger partial charge on any atom is 0.194 e. The summed E-state index contributed by atoms with van der Waals surface area (Å²) in [4.78, 5) is 9.76. The van der Waals surface area contributed by atoms with E-state index < -0.39 is 0 Å². The minimum Gasteiger partial charge on any atom is -0.379 e. The van der Waals surface area contributed by atoms with E-state index in [1.165, 1.54) is 6.42 Å². The number of nitrogens with one attached hydrogen (secondary N) is 1. The first-order valence-corrected chi connectivity index (χ1v) is 10.1. The van der Waals surface area contributed by atoms with Crippen molar-refractivity contribution in [2.24, 2.45) is 10.4 Å². The van der Waals surface area contributed by atoms with Crippen LogP contribution in [0.2, 0.25) is 0 Å². The highest BCUT2D eigenvalue weighted by atomic mass is 127. The molecule has 2 heterocycles. The predicted octanol–water partition coefficient (Wildman–Crippen LogP) is 3.51. The summed E-state index contributed by atoms with van der Waals surface area (Å²) in [5.74, 6) is 0.791. The summed E-state index contributed by atoms with van der Waals surface area (Å²) in [6, 6.07) is 6.99. The van der Waals surface area contributed by atoms with Crippen LogP contribution < -0.4 is 5.32 Å². The molecule has 0 aliphatic carbocycles. The number of halogens is 2. The molecule has 2 aliphatic rings. The quantitative estimate of drug-likeness (QED) is 0.379. The second-order valence-electron chi connectivity index (χ2n) is 8.25. The lowest BCUT2D eigenvalue weighted by molar-refractivity contribution is 0.0179. The van der Waals surface area contributed by atoms with E-state index in [4.69, 9.17) is 9.73 Å². The third kappa shape index (κ3) is 6.29. The Hall–Kier alpha value is -0.930. The van der Waals surface area contributed by atoms with E-state index in [-0.39, 0.29) is 35.8 Å². The van der Waals surface area contributed by atoms with Gasteiger partial charge in [-0.2, -0.15) is 0 Å². The van der Waals surface area contributed by atoms with Crippen molar-refractivity contribution in [2.45, 2.75) is 33.2 Å². The van der Waals surface area contributed by atoms with Gasteiger partial charge in [-0.1, -0.05) is 26.0 Å². The fourth-order valence-corrected chi connectivity index (χ4v) is 3.90. The van der Waals surface area contributed by atoms with Crippen LogP contribution in [-0.4, -0.2) is 68.2 Å². The SMILES string of the molecule is CCNC(=NCC(c1ccc(F)cc1)N1CCOCC1)N1CCC(C)(C)C1.I. The van der Waals surface area contributed by atoms with Gasteiger partial charge in [-0.3, -0.25) is 9.89 Å². The van der Waals surface area contributed by atoms with Gasteiger partial charge in [0, 0.05) is 32.7 Å². The van der Waals surface area contributed by atoms with Crippen LogP contribution in [0.25, 0.3) is 0 Å². The number of aliphatic imine (C=N–C) groups is 1. The number of morpholine rings is 1. The van der Waals surface area contributed by atoms with Gasteiger partial charge in [0.05, 0.1) is 25.8 Å². The minimum atomic E-state index is -0.199. The van der Waals surface area contributed by atoms with Gasteiger partial charge in [0.25, 0.3) is 0 Å². The van der Waals surface area contributed by atoms with Gasteiger partial charge in [-0.25, -0.2) is 4.39 Å². The van der Waals surface area contributed by atoms with Gasteiger partial charge < -0.3 is 15.0 Å². The smallest absolute Gasteiger partial charge is 0.194 e. The molecule has 5 nitrogen and oxygen atoms in total. The highest BCUT2D eigenvalue weighted by Gasteiger charge is 2.31. The molecule has 2 saturated heterocycles. The van der Waals surface area contributed by atoms with Crippen LogP contribution in [0.5, 0.6) is 0 Å². The number of nitrogens with zero attached hydrogens (tertiary/aromatic N) is 3. The van der Waals surface area contributed by atoms with Crippen LogP contribution in [0.4, 0.5) is 4.39 Å². The summed E-state index contributed by atoms with van der Waals surface area (Å²) < 4.78 is 18.9. The highest BCUT2D eigenvalue weighted by Crippen LogP contribution is 2.29. The van der Waals surface area contributed by atoms with Crippen molar-refractivity contribution < 1.29 is 9.13 Å². The topological polar surface area (TPSA) is 40.1 Å². The summed E-state index contributed by atoms with van der Waals surface area (Å²) in [7, 11) is 0. The van der Waals surface area contributed by atoms with E-state index in [1.807, 2.05) is 12.1 Å². The number of rotatable bonds is 5. The number of benzene rings is 1. The minimum absolute atomic E-state index is 0. The zero-order valence-corrected chi connectivity index (χ0v) is 19.6. The van der Waals surface area contributed by atoms with Gasteiger partial charge in [-0.05, 0) is 36.5 Å². The molecule has 0 amide bonds. The fourth-order valence-electron chi connectivity index (χ4n) is 3.90. The molecule has 3 rings (SSSR count). The Morgan fingerprint density at radius 1 is 1.21 bits per heavy atom. The molecule has 1 aromatic carbocycles. The van der Waals surface area contributed by atoms with Crippen LogP contribution in [0.1, 0.15) is 38.8 Å². The molecule has 28 heavy (non-hydrogen) atoms. The molecule has 0 saturated carbocycles. The van der Waals surface area contributed by atoms with Crippen LogP contribution in [0.3, 0.4) is 0 Å². The largest absolute Gasteiger partial charge is 0.379 e. The van der Waals surface area contributed by atoms with Crippen molar-refractivity contribution >= 4 is 29.9 Å². The van der Waals surface area contributed by atoms with Crippen molar-refractivity contribution in [3.8, 4) is 0 Å². The lowest BCUT2D eigenvalue weighted by Crippen LogP contribution is -2.43. The summed E-state index contributed by atoms with van der Waals surface area (Å²) in [5.41, 5.74) is 1.44. The lowest BCUT2D eigenvalue weighted by Gasteiger charge is -2.34. The van der Waals surface area contributed by atoms with Gasteiger partial charge in [0.15, 0.2) is 5.96 Å². The molecule has 1 atom stereocenters. The van der Waals surface area contributed by atoms with Crippen molar-refractivity contribution in [2.75, 3.05) is 52.5 Å². The molecule has 0 aromatic heterocycles. The first-order valence-electron chi connectivity index (χ1n) is 10.1. The molecule has 7 heteroatoms. The Balaban J connectivity index is 0.00000280. The second kappa shape index (κ2) is 10.7. The molecule has 1 N–H and O–H groups in total. The van der Waals surface area contributed by atoms with Crippen molar-refractivity contribution in [3.63, 3.8) is 0 Å². The normalized spacial score (nSPS) is 21.3. The predicted molar refractivity (Wildman–Crippen MR) is 123 cm³/mol. The number of hydrogen-bond donors (Lipinski definition) is 1. The van der Waals surface area contributed by atoms with Gasteiger partial charge in [-0.15, -0.1) is 24.0 Å². The maximum atomic E-state index is 13.4. The zero-order valence-electron chi connectivity index (χ0n) is 17.3. The molecule has 2 fully saturated rings. The van der Waals surface area contributed by atoms with Gasteiger partial charge >= 0.3 is 0 Å². The first kappa shape index (κ1) is 23.3. The third-order valence-electron chi connectivity index (χ3n) is 5.47. The fraction of sp³-hybridized carbons (Fsp3) is 0.667. The summed E-state index contributed by atoms with van der Waals surface area (Å²) >= 11 is 0. The van der Waals surface area contributed by atoms with E-state index in [0.29, 0.717) is 12.0 Å². The Bertz CT molecular complexity index is 632. The molecule has 1 aromatic rings. The standard InChI is InChI=1S/C21H33FN4O.HI/c1-4-23-20(26-10-9-21(2,3)16-26)24-15-19(25-11-13-27-14-12-25)17-5-7-18(22)8-6-17;/h5-8,19H,4,9-16H2,1-3H3,(H,23,24);1H. The Morgan fingerprint density at radius 2 is 1.89 bits per heavy atom. The van der Waals surface area contributed by atoms with E-state index in [2.05, 4.69) is 35.9 Å². The van der Waals surface area contributed by atoms with E-state index in [1.54, 1.807) is 12.1 Å². The molecule has 0 radical (unpaired) electrons. The number of guanidine groups is 1. The Kier molecular flexibility index (Phi) is 8.95. The zero-order chi connectivity index (χ0) is 19.3. The number of ether oxygens (including phenoxy) is 1. The van der Waals surface area contributed by atoms with E-state index >= 15 is 0 Å². The maximum absolute atomic E-state index is 13.4. The Morgan fingerprint density at radius 3 is 2.46 bits per heavy atom. The van der Waals surface area contributed by atoms with E-state index in [9.17, 15) is 4.39 Å². The average molecular weight is 504 g/mol.